The average molecular weight is 283 g/mol. The van der Waals surface area contributed by atoms with Crippen LogP contribution >= 0.6 is 0 Å². The average Bonchev–Trinajstić information content (AvgIpc) is 2.64. The molecule has 0 aromatic carbocycles. The molecule has 0 radical (unpaired) electrons. The van der Waals surface area contributed by atoms with Crippen LogP contribution in [0.1, 0.15) is 32.1 Å². The van der Waals surface area contributed by atoms with Crippen LogP contribution in [-0.2, 0) is 9.59 Å². The second-order valence-corrected chi connectivity index (χ2v) is 5.44. The minimum atomic E-state index is -0.784. The van der Waals surface area contributed by atoms with E-state index >= 15 is 0 Å². The lowest BCUT2D eigenvalue weighted by Crippen LogP contribution is -2.47. The summed E-state index contributed by atoms with van der Waals surface area (Å²) >= 11 is 0. The number of nitrogens with one attached hydrogen (secondary N) is 2. The summed E-state index contributed by atoms with van der Waals surface area (Å²) in [5, 5.41) is 14.7. The van der Waals surface area contributed by atoms with Crippen LogP contribution in [0.25, 0.3) is 0 Å². The zero-order chi connectivity index (χ0) is 14.5. The summed E-state index contributed by atoms with van der Waals surface area (Å²) < 4.78 is 0. The highest BCUT2D eigenvalue weighted by Gasteiger charge is 2.29. The largest absolute Gasteiger partial charge is 0.481 e. The summed E-state index contributed by atoms with van der Waals surface area (Å²) in [4.78, 5) is 36.0. The number of hydrogen-bond acceptors (Lipinski definition) is 3. The number of aliphatic carboxylic acids is 1. The summed E-state index contributed by atoms with van der Waals surface area (Å²) in [6.45, 7) is 1.37. The first-order valence-corrected chi connectivity index (χ1v) is 7.11. The Labute approximate surface area is 117 Å². The molecule has 1 saturated heterocycles. The fourth-order valence-corrected chi connectivity index (χ4v) is 2.78. The highest BCUT2D eigenvalue weighted by atomic mass is 16.4. The van der Waals surface area contributed by atoms with E-state index in [1.54, 1.807) is 4.90 Å². The van der Waals surface area contributed by atoms with Crippen LogP contribution in [0.5, 0.6) is 0 Å². The molecule has 1 aliphatic carbocycles. The number of carbonyl (C=O) groups excluding carboxylic acids is 2. The van der Waals surface area contributed by atoms with Gasteiger partial charge < -0.3 is 20.6 Å². The van der Waals surface area contributed by atoms with E-state index in [1.165, 1.54) is 0 Å². The molecule has 2 rings (SSSR count). The van der Waals surface area contributed by atoms with Gasteiger partial charge >= 0.3 is 12.0 Å². The van der Waals surface area contributed by atoms with Crippen molar-refractivity contribution in [3.05, 3.63) is 0 Å². The number of rotatable bonds is 2. The normalized spacial score (nSPS) is 27.4. The van der Waals surface area contributed by atoms with Crippen molar-refractivity contribution >= 4 is 17.9 Å². The topological polar surface area (TPSA) is 98.7 Å². The van der Waals surface area contributed by atoms with Crippen molar-refractivity contribution in [1.29, 1.82) is 0 Å². The lowest BCUT2D eigenvalue weighted by Gasteiger charge is -2.30. The van der Waals surface area contributed by atoms with Gasteiger partial charge in [0.15, 0.2) is 0 Å². The summed E-state index contributed by atoms with van der Waals surface area (Å²) in [5.74, 6) is -1.18. The predicted octanol–water partition coefficient (Wildman–Crippen LogP) is 0.161. The van der Waals surface area contributed by atoms with Gasteiger partial charge in [-0.1, -0.05) is 6.42 Å². The first-order chi connectivity index (χ1) is 9.56. The molecule has 1 aliphatic heterocycles. The molecule has 2 unspecified atom stereocenters. The third-order valence-electron chi connectivity index (χ3n) is 3.95. The molecule has 1 saturated carbocycles. The number of urea groups is 1. The molecule has 0 bridgehead atoms. The van der Waals surface area contributed by atoms with Gasteiger partial charge in [-0.25, -0.2) is 4.79 Å². The van der Waals surface area contributed by atoms with E-state index in [4.69, 9.17) is 5.11 Å². The maximum atomic E-state index is 12.1. The van der Waals surface area contributed by atoms with E-state index in [9.17, 15) is 14.4 Å². The Hall–Kier alpha value is -1.79. The zero-order valence-electron chi connectivity index (χ0n) is 11.4. The molecule has 0 spiro atoms. The van der Waals surface area contributed by atoms with Crippen LogP contribution in [0.15, 0.2) is 0 Å². The quantitative estimate of drug-likeness (QED) is 0.672. The van der Waals surface area contributed by atoms with Gasteiger partial charge in [0.05, 0.1) is 5.92 Å². The number of carboxylic acids is 1. The van der Waals surface area contributed by atoms with Crippen LogP contribution in [-0.4, -0.2) is 53.6 Å². The van der Waals surface area contributed by atoms with Crippen molar-refractivity contribution < 1.29 is 19.5 Å². The lowest BCUT2D eigenvalue weighted by atomic mass is 9.86. The van der Waals surface area contributed by atoms with E-state index in [0.29, 0.717) is 38.9 Å². The van der Waals surface area contributed by atoms with Crippen LogP contribution < -0.4 is 10.6 Å². The monoisotopic (exact) mass is 283 g/mol. The second kappa shape index (κ2) is 6.58. The Bertz CT molecular complexity index is 399. The maximum Gasteiger partial charge on any atom is 0.317 e. The number of carbonyl (C=O) groups is 3. The van der Waals surface area contributed by atoms with E-state index in [-0.39, 0.29) is 23.9 Å². The fraction of sp³-hybridized carbons (Fsp3) is 0.769. The van der Waals surface area contributed by atoms with E-state index in [2.05, 4.69) is 10.6 Å². The van der Waals surface area contributed by atoms with Crippen molar-refractivity contribution in [3.8, 4) is 0 Å². The Balaban J connectivity index is 1.84. The van der Waals surface area contributed by atoms with E-state index in [1.807, 2.05) is 0 Å². The number of hydrogen-bond donors (Lipinski definition) is 3. The van der Waals surface area contributed by atoms with Crippen LogP contribution in [0.3, 0.4) is 0 Å². The molecule has 2 aliphatic rings. The SMILES string of the molecule is O=C1CCN(C(=O)NC2CCCC(C(=O)O)C2)CCN1. The summed E-state index contributed by atoms with van der Waals surface area (Å²) in [5.41, 5.74) is 0. The van der Waals surface area contributed by atoms with E-state index in [0.717, 1.165) is 12.8 Å². The minimum absolute atomic E-state index is 0.0380. The van der Waals surface area contributed by atoms with Crippen molar-refractivity contribution in [1.82, 2.24) is 15.5 Å². The summed E-state index contributed by atoms with van der Waals surface area (Å²) in [7, 11) is 0. The first kappa shape index (κ1) is 14.6. The smallest absolute Gasteiger partial charge is 0.317 e. The van der Waals surface area contributed by atoms with Gasteiger partial charge in [-0.15, -0.1) is 0 Å². The molecule has 0 aromatic heterocycles. The minimum Gasteiger partial charge on any atom is -0.481 e. The Kier molecular flexibility index (Phi) is 4.81. The van der Waals surface area contributed by atoms with Crippen molar-refractivity contribution in [3.63, 3.8) is 0 Å². The molecule has 3 N–H and O–H groups in total. The molecule has 2 atom stereocenters. The molecule has 3 amide bonds. The number of amides is 3. The summed E-state index contributed by atoms with van der Waals surface area (Å²) in [6.07, 6.45) is 3.13. The van der Waals surface area contributed by atoms with Gasteiger partial charge in [0.25, 0.3) is 0 Å². The van der Waals surface area contributed by atoms with Crippen molar-refractivity contribution in [2.75, 3.05) is 19.6 Å². The third-order valence-corrected chi connectivity index (χ3v) is 3.95. The Morgan fingerprint density at radius 2 is 2.10 bits per heavy atom. The van der Waals surface area contributed by atoms with Crippen molar-refractivity contribution in [2.24, 2.45) is 5.92 Å². The highest BCUT2D eigenvalue weighted by Crippen LogP contribution is 2.24. The molecule has 1 heterocycles. The number of nitrogens with zero attached hydrogens (tertiary/aromatic N) is 1. The molecule has 112 valence electrons. The van der Waals surface area contributed by atoms with Gasteiger partial charge in [0, 0.05) is 32.1 Å². The molecule has 2 fully saturated rings. The lowest BCUT2D eigenvalue weighted by molar-refractivity contribution is -0.143. The molecular formula is C13H21N3O4. The summed E-state index contributed by atoms with van der Waals surface area (Å²) in [6, 6.07) is -0.276. The third kappa shape index (κ3) is 3.85. The maximum absolute atomic E-state index is 12.1. The molecule has 0 aromatic rings. The molecule has 7 heteroatoms. The Morgan fingerprint density at radius 3 is 2.85 bits per heavy atom. The van der Waals surface area contributed by atoms with Gasteiger partial charge in [-0.05, 0) is 19.3 Å². The fourth-order valence-electron chi connectivity index (χ4n) is 2.78. The molecule has 20 heavy (non-hydrogen) atoms. The number of carboxylic acid groups (broad SMARTS) is 1. The van der Waals surface area contributed by atoms with Gasteiger partial charge in [0.2, 0.25) is 5.91 Å². The Morgan fingerprint density at radius 1 is 1.30 bits per heavy atom. The van der Waals surface area contributed by atoms with Crippen LogP contribution in [0.4, 0.5) is 4.79 Å². The zero-order valence-corrected chi connectivity index (χ0v) is 11.4. The molecular weight excluding hydrogens is 262 g/mol. The van der Waals surface area contributed by atoms with Crippen molar-refractivity contribution in [2.45, 2.75) is 38.1 Å². The standard InChI is InChI=1S/C13H21N3O4/c17-11-4-6-16(7-5-14-11)13(20)15-10-3-1-2-9(8-10)12(18)19/h9-10H,1-8H2,(H,14,17)(H,15,20)(H,18,19). The molecule has 7 nitrogen and oxygen atoms in total. The van der Waals surface area contributed by atoms with Crippen LogP contribution in [0.2, 0.25) is 0 Å². The van der Waals surface area contributed by atoms with Gasteiger partial charge in [-0.2, -0.15) is 0 Å². The highest BCUT2D eigenvalue weighted by molar-refractivity contribution is 5.79. The van der Waals surface area contributed by atoms with E-state index < -0.39 is 5.97 Å². The van der Waals surface area contributed by atoms with Crippen LogP contribution in [0, 0.1) is 5.92 Å². The predicted molar refractivity (Wildman–Crippen MR) is 71.1 cm³/mol. The van der Waals surface area contributed by atoms with Gasteiger partial charge in [-0.3, -0.25) is 9.59 Å². The van der Waals surface area contributed by atoms with Gasteiger partial charge in [0.1, 0.15) is 0 Å². The first-order valence-electron chi connectivity index (χ1n) is 7.11. The second-order valence-electron chi connectivity index (χ2n) is 5.44.